The van der Waals surface area contributed by atoms with Crippen molar-refractivity contribution >= 4 is 23.2 Å². The lowest BCUT2D eigenvalue weighted by molar-refractivity contribution is -0.135. The van der Waals surface area contributed by atoms with Gasteiger partial charge in [-0.05, 0) is 48.6 Å². The normalized spacial score (nSPS) is 16.3. The molecule has 33 heavy (non-hydrogen) atoms. The van der Waals surface area contributed by atoms with E-state index in [1.54, 1.807) is 0 Å². The summed E-state index contributed by atoms with van der Waals surface area (Å²) >= 11 is 0. The molecule has 0 radical (unpaired) electrons. The molecule has 2 aromatic carbocycles. The van der Waals surface area contributed by atoms with E-state index in [1.165, 1.54) is 0 Å². The van der Waals surface area contributed by atoms with Gasteiger partial charge in [0, 0.05) is 51.6 Å². The fourth-order valence-electron chi connectivity index (χ4n) is 4.41. The van der Waals surface area contributed by atoms with E-state index in [1.807, 2.05) is 79.3 Å². The van der Waals surface area contributed by atoms with Crippen molar-refractivity contribution in [3.05, 3.63) is 59.7 Å². The molecule has 0 spiro atoms. The summed E-state index contributed by atoms with van der Waals surface area (Å²) in [7, 11) is 3.99. The molecule has 6 nitrogen and oxygen atoms in total. The van der Waals surface area contributed by atoms with Gasteiger partial charge in [0.1, 0.15) is 0 Å². The maximum atomic E-state index is 13.8. The van der Waals surface area contributed by atoms with Crippen molar-refractivity contribution in [3.8, 4) is 0 Å². The van der Waals surface area contributed by atoms with Crippen LogP contribution in [0.2, 0.25) is 0 Å². The SMILES string of the molecule is CCC(=O)Nc1ccc(N(C)C)c(CN(C[C@H]2CCCO2)C(=O)[C@H](CC)c2ccccc2)c1. The molecule has 3 rings (SSSR count). The summed E-state index contributed by atoms with van der Waals surface area (Å²) in [5, 5.41) is 2.95. The minimum atomic E-state index is -0.196. The van der Waals surface area contributed by atoms with Crippen LogP contribution in [0.15, 0.2) is 48.5 Å². The Kier molecular flexibility index (Phi) is 8.89. The second kappa shape index (κ2) is 11.8. The Labute approximate surface area is 197 Å². The molecule has 0 bridgehead atoms. The van der Waals surface area contributed by atoms with Gasteiger partial charge >= 0.3 is 0 Å². The van der Waals surface area contributed by atoms with Gasteiger partial charge in [-0.1, -0.05) is 44.2 Å². The number of hydrogen-bond donors (Lipinski definition) is 1. The van der Waals surface area contributed by atoms with Crippen molar-refractivity contribution in [2.45, 2.75) is 58.1 Å². The maximum Gasteiger partial charge on any atom is 0.230 e. The topological polar surface area (TPSA) is 61.9 Å². The number of amides is 2. The number of hydrogen-bond acceptors (Lipinski definition) is 4. The monoisotopic (exact) mass is 451 g/mol. The molecule has 0 aliphatic carbocycles. The van der Waals surface area contributed by atoms with Gasteiger partial charge in [0.05, 0.1) is 12.0 Å². The Morgan fingerprint density at radius 2 is 1.88 bits per heavy atom. The third kappa shape index (κ3) is 6.57. The van der Waals surface area contributed by atoms with Gasteiger partial charge in [-0.2, -0.15) is 0 Å². The van der Waals surface area contributed by atoms with Gasteiger partial charge < -0.3 is 19.9 Å². The molecule has 6 heteroatoms. The number of nitrogens with zero attached hydrogens (tertiary/aromatic N) is 2. The lowest BCUT2D eigenvalue weighted by Gasteiger charge is -2.31. The van der Waals surface area contributed by atoms with Gasteiger partial charge in [0.15, 0.2) is 0 Å². The van der Waals surface area contributed by atoms with Crippen LogP contribution >= 0.6 is 0 Å². The first-order chi connectivity index (χ1) is 15.9. The van der Waals surface area contributed by atoms with E-state index in [2.05, 4.69) is 12.2 Å². The molecule has 0 aromatic heterocycles. The summed E-state index contributed by atoms with van der Waals surface area (Å²) < 4.78 is 5.90. The first-order valence-corrected chi connectivity index (χ1v) is 12.0. The van der Waals surface area contributed by atoms with E-state index in [9.17, 15) is 9.59 Å². The number of carbonyl (C=O) groups excluding carboxylic acids is 2. The maximum absolute atomic E-state index is 13.8. The average Bonchev–Trinajstić information content (AvgIpc) is 3.33. The van der Waals surface area contributed by atoms with Gasteiger partial charge in [-0.15, -0.1) is 0 Å². The molecule has 2 amide bonds. The van der Waals surface area contributed by atoms with Crippen LogP contribution < -0.4 is 10.2 Å². The molecule has 2 atom stereocenters. The zero-order chi connectivity index (χ0) is 23.8. The number of ether oxygens (including phenoxy) is 1. The highest BCUT2D eigenvalue weighted by atomic mass is 16.5. The number of anilines is 2. The van der Waals surface area contributed by atoms with Crippen molar-refractivity contribution in [3.63, 3.8) is 0 Å². The van der Waals surface area contributed by atoms with E-state index in [4.69, 9.17) is 4.74 Å². The van der Waals surface area contributed by atoms with Gasteiger partial charge in [-0.3, -0.25) is 9.59 Å². The Morgan fingerprint density at radius 1 is 1.12 bits per heavy atom. The fraction of sp³-hybridized carbons (Fsp3) is 0.481. The van der Waals surface area contributed by atoms with Crippen molar-refractivity contribution in [2.75, 3.05) is 37.5 Å². The second-order valence-electron chi connectivity index (χ2n) is 8.86. The van der Waals surface area contributed by atoms with Crippen LogP contribution in [-0.4, -0.2) is 50.1 Å². The van der Waals surface area contributed by atoms with Crippen molar-refractivity contribution in [2.24, 2.45) is 0 Å². The predicted molar refractivity (Wildman–Crippen MR) is 134 cm³/mol. The zero-order valence-electron chi connectivity index (χ0n) is 20.3. The van der Waals surface area contributed by atoms with E-state index < -0.39 is 0 Å². The quantitative estimate of drug-likeness (QED) is 0.564. The highest BCUT2D eigenvalue weighted by Gasteiger charge is 2.29. The smallest absolute Gasteiger partial charge is 0.230 e. The highest BCUT2D eigenvalue weighted by molar-refractivity contribution is 5.91. The highest BCUT2D eigenvalue weighted by Crippen LogP contribution is 2.29. The largest absolute Gasteiger partial charge is 0.377 e. The van der Waals surface area contributed by atoms with E-state index in [0.29, 0.717) is 19.5 Å². The van der Waals surface area contributed by atoms with E-state index in [0.717, 1.165) is 48.4 Å². The molecule has 2 aromatic rings. The molecule has 1 aliphatic heterocycles. The predicted octanol–water partition coefficient (Wildman–Crippen LogP) is 4.80. The standard InChI is InChI=1S/C27H37N3O3/c1-5-24(20-11-8-7-9-12-20)27(32)30(19-23-13-10-16-33-23)18-21-17-22(28-26(31)6-2)14-15-25(21)29(3)4/h7-9,11-12,14-15,17,23-24H,5-6,10,13,16,18-19H2,1-4H3,(H,28,31)/t23-,24-/m1/s1. The molecule has 1 N–H and O–H groups in total. The first-order valence-electron chi connectivity index (χ1n) is 12.0. The lowest BCUT2D eigenvalue weighted by atomic mass is 9.94. The summed E-state index contributed by atoms with van der Waals surface area (Å²) in [4.78, 5) is 29.8. The van der Waals surface area contributed by atoms with Crippen LogP contribution in [0.25, 0.3) is 0 Å². The summed E-state index contributed by atoms with van der Waals surface area (Å²) in [5.41, 5.74) is 3.83. The van der Waals surface area contributed by atoms with Crippen molar-refractivity contribution < 1.29 is 14.3 Å². The number of carbonyl (C=O) groups is 2. The molecular formula is C27H37N3O3. The number of benzene rings is 2. The summed E-state index contributed by atoms with van der Waals surface area (Å²) in [6.45, 7) is 5.68. The molecule has 0 unspecified atom stereocenters. The van der Waals surface area contributed by atoms with E-state index in [-0.39, 0.29) is 23.8 Å². The molecule has 0 saturated carbocycles. The van der Waals surface area contributed by atoms with Gasteiger partial charge in [0.2, 0.25) is 11.8 Å². The molecule has 1 saturated heterocycles. The zero-order valence-corrected chi connectivity index (χ0v) is 20.3. The van der Waals surface area contributed by atoms with Crippen LogP contribution in [-0.2, 0) is 20.9 Å². The average molecular weight is 452 g/mol. The van der Waals surface area contributed by atoms with Gasteiger partial charge in [-0.25, -0.2) is 0 Å². The number of rotatable bonds is 10. The Balaban J connectivity index is 1.93. The summed E-state index contributed by atoms with van der Waals surface area (Å²) in [5.74, 6) is -0.105. The van der Waals surface area contributed by atoms with Crippen molar-refractivity contribution in [1.82, 2.24) is 4.90 Å². The minimum absolute atomic E-state index is 0.0269. The van der Waals surface area contributed by atoms with Crippen LogP contribution in [0.5, 0.6) is 0 Å². The minimum Gasteiger partial charge on any atom is -0.377 e. The van der Waals surface area contributed by atoms with Gasteiger partial charge in [0.25, 0.3) is 0 Å². The molecule has 1 heterocycles. The molecule has 1 aliphatic rings. The van der Waals surface area contributed by atoms with Crippen LogP contribution in [0, 0.1) is 0 Å². The van der Waals surface area contributed by atoms with E-state index >= 15 is 0 Å². The molecular weight excluding hydrogens is 414 g/mol. The van der Waals surface area contributed by atoms with Crippen LogP contribution in [0.3, 0.4) is 0 Å². The van der Waals surface area contributed by atoms with Crippen LogP contribution in [0.4, 0.5) is 11.4 Å². The lowest BCUT2D eigenvalue weighted by Crippen LogP contribution is -2.40. The Hall–Kier alpha value is -2.86. The van der Waals surface area contributed by atoms with Crippen LogP contribution in [0.1, 0.15) is 56.6 Å². The summed E-state index contributed by atoms with van der Waals surface area (Å²) in [6, 6.07) is 15.9. The number of nitrogens with one attached hydrogen (secondary N) is 1. The Bertz CT molecular complexity index is 923. The summed E-state index contributed by atoms with van der Waals surface area (Å²) in [6.07, 6.45) is 3.22. The third-order valence-electron chi connectivity index (χ3n) is 6.20. The molecule has 1 fully saturated rings. The first kappa shape index (κ1) is 24.8. The Morgan fingerprint density at radius 3 is 2.48 bits per heavy atom. The fourth-order valence-corrected chi connectivity index (χ4v) is 4.41. The molecule has 178 valence electrons. The third-order valence-corrected chi connectivity index (χ3v) is 6.20. The second-order valence-corrected chi connectivity index (χ2v) is 8.86. The van der Waals surface area contributed by atoms with Crippen molar-refractivity contribution in [1.29, 1.82) is 0 Å².